The Balaban J connectivity index is 3.21. The predicted molar refractivity (Wildman–Crippen MR) is 54.3 cm³/mol. The summed E-state index contributed by atoms with van der Waals surface area (Å²) in [7, 11) is 1.52. The van der Waals surface area contributed by atoms with Gasteiger partial charge in [-0.15, -0.1) is 0 Å². The number of aromatic nitrogens is 1. The molecule has 2 N–H and O–H groups in total. The minimum Gasteiger partial charge on any atom is -0.477 e. The number of hydrogen-bond donors (Lipinski definition) is 2. The van der Waals surface area contributed by atoms with E-state index in [0.29, 0.717) is 24.4 Å². The Hall–Kier alpha value is -1.62. The first-order chi connectivity index (χ1) is 7.06. The fraction of sp³-hybridized carbons (Fsp3) is 0.400. The van der Waals surface area contributed by atoms with Crippen LogP contribution in [0.2, 0.25) is 0 Å². The van der Waals surface area contributed by atoms with Gasteiger partial charge in [-0.2, -0.15) is 0 Å². The molecular weight excluding hydrogens is 198 g/mol. The van der Waals surface area contributed by atoms with Crippen molar-refractivity contribution in [3.05, 3.63) is 33.2 Å². The Bertz CT molecular complexity index is 422. The normalized spacial score (nSPS) is 10.3. The van der Waals surface area contributed by atoms with Crippen LogP contribution in [0, 0.1) is 6.92 Å². The summed E-state index contributed by atoms with van der Waals surface area (Å²) in [4.78, 5) is 25.2. The zero-order valence-electron chi connectivity index (χ0n) is 8.66. The van der Waals surface area contributed by atoms with Gasteiger partial charge in [-0.3, -0.25) is 4.79 Å². The number of hydrogen-bond acceptors (Lipinski definition) is 3. The number of H-pyrrole nitrogens is 1. The highest BCUT2D eigenvalue weighted by molar-refractivity contribution is 5.88. The lowest BCUT2D eigenvalue weighted by atomic mass is 10.1. The molecule has 0 atom stereocenters. The van der Waals surface area contributed by atoms with Gasteiger partial charge in [0.05, 0.1) is 6.61 Å². The quantitative estimate of drug-likeness (QED) is 0.763. The highest BCUT2D eigenvalue weighted by Crippen LogP contribution is 2.03. The van der Waals surface area contributed by atoms with Crippen molar-refractivity contribution in [3.63, 3.8) is 0 Å². The van der Waals surface area contributed by atoms with E-state index in [1.807, 2.05) is 0 Å². The van der Waals surface area contributed by atoms with Crippen molar-refractivity contribution in [2.45, 2.75) is 13.3 Å². The number of aryl methyl sites for hydroxylation is 1. The number of ether oxygens (including phenoxy) is 1. The highest BCUT2D eigenvalue weighted by Gasteiger charge is 2.14. The molecule has 15 heavy (non-hydrogen) atoms. The van der Waals surface area contributed by atoms with Crippen LogP contribution in [0.25, 0.3) is 0 Å². The Morgan fingerprint density at radius 3 is 2.80 bits per heavy atom. The van der Waals surface area contributed by atoms with Crippen LogP contribution in [-0.4, -0.2) is 29.8 Å². The average molecular weight is 211 g/mol. The van der Waals surface area contributed by atoms with Crippen molar-refractivity contribution in [1.82, 2.24) is 4.98 Å². The molecule has 1 aromatic heterocycles. The Labute approximate surface area is 86.7 Å². The monoisotopic (exact) mass is 211 g/mol. The van der Waals surface area contributed by atoms with E-state index in [-0.39, 0.29) is 5.56 Å². The lowest BCUT2D eigenvalue weighted by Crippen LogP contribution is -2.20. The van der Waals surface area contributed by atoms with E-state index in [2.05, 4.69) is 4.98 Å². The molecule has 0 aliphatic carbocycles. The minimum absolute atomic E-state index is 0.197. The van der Waals surface area contributed by atoms with Gasteiger partial charge in [0.2, 0.25) is 0 Å². The maximum atomic E-state index is 11.4. The van der Waals surface area contributed by atoms with Gasteiger partial charge in [0.1, 0.15) is 5.56 Å². The largest absolute Gasteiger partial charge is 0.477 e. The molecule has 0 spiro atoms. The predicted octanol–water partition coefficient (Wildman–Crippen LogP) is 0.570. The number of carboxylic acid groups (broad SMARTS) is 1. The number of nitrogens with one attached hydrogen (secondary N) is 1. The maximum Gasteiger partial charge on any atom is 0.341 e. The molecule has 0 aliphatic rings. The van der Waals surface area contributed by atoms with Crippen LogP contribution in [0.4, 0.5) is 0 Å². The molecule has 0 aliphatic heterocycles. The second kappa shape index (κ2) is 4.75. The Morgan fingerprint density at radius 2 is 2.27 bits per heavy atom. The molecule has 1 heterocycles. The zero-order valence-corrected chi connectivity index (χ0v) is 8.66. The third-order valence-electron chi connectivity index (χ3n) is 2.01. The Kier molecular flexibility index (Phi) is 3.62. The van der Waals surface area contributed by atoms with Gasteiger partial charge in [-0.25, -0.2) is 4.79 Å². The summed E-state index contributed by atoms with van der Waals surface area (Å²) < 4.78 is 4.85. The van der Waals surface area contributed by atoms with Gasteiger partial charge in [0, 0.05) is 31.0 Å². The third-order valence-corrected chi connectivity index (χ3v) is 2.01. The van der Waals surface area contributed by atoms with Gasteiger partial charge in [-0.05, 0) is 6.92 Å². The number of carbonyl (C=O) groups is 1. The van der Waals surface area contributed by atoms with Gasteiger partial charge in [0.25, 0.3) is 0 Å². The summed E-state index contributed by atoms with van der Waals surface area (Å²) >= 11 is 0. The first kappa shape index (κ1) is 11.5. The number of aromatic amines is 1. The number of carboxylic acids is 1. The molecule has 0 bridgehead atoms. The highest BCUT2D eigenvalue weighted by atomic mass is 16.5. The van der Waals surface area contributed by atoms with Gasteiger partial charge in [-0.1, -0.05) is 0 Å². The van der Waals surface area contributed by atoms with Crippen LogP contribution in [0.1, 0.15) is 21.7 Å². The van der Waals surface area contributed by atoms with Crippen molar-refractivity contribution in [2.24, 2.45) is 0 Å². The summed E-state index contributed by atoms with van der Waals surface area (Å²) in [6.07, 6.45) is 0.384. The molecule has 0 saturated heterocycles. The van der Waals surface area contributed by atoms with Crippen LogP contribution in [0.5, 0.6) is 0 Å². The van der Waals surface area contributed by atoms with Gasteiger partial charge < -0.3 is 14.8 Å². The van der Waals surface area contributed by atoms with Crippen molar-refractivity contribution in [1.29, 1.82) is 0 Å². The van der Waals surface area contributed by atoms with E-state index < -0.39 is 11.4 Å². The van der Waals surface area contributed by atoms with Crippen molar-refractivity contribution < 1.29 is 14.6 Å². The number of methoxy groups -OCH3 is 1. The summed E-state index contributed by atoms with van der Waals surface area (Å²) in [5, 5.41) is 8.88. The second-order valence-electron chi connectivity index (χ2n) is 3.22. The van der Waals surface area contributed by atoms with Gasteiger partial charge in [0.15, 0.2) is 5.43 Å². The van der Waals surface area contributed by atoms with Crippen LogP contribution < -0.4 is 5.43 Å². The topological polar surface area (TPSA) is 79.4 Å². The van der Waals surface area contributed by atoms with E-state index in [1.165, 1.54) is 13.2 Å². The van der Waals surface area contributed by atoms with E-state index in [9.17, 15) is 9.59 Å². The molecule has 0 aromatic carbocycles. The standard InChI is InChI=1S/C10H13NO4/c1-6-5-8(12)9(10(13)14)7(11-6)3-4-15-2/h5H,3-4H2,1-2H3,(H,11,12)(H,13,14). The summed E-state index contributed by atoms with van der Waals surface area (Å²) in [5.41, 5.74) is 0.396. The first-order valence-electron chi connectivity index (χ1n) is 4.51. The van der Waals surface area contributed by atoms with Crippen LogP contribution in [0.3, 0.4) is 0 Å². The molecule has 0 fully saturated rings. The van der Waals surface area contributed by atoms with E-state index in [1.54, 1.807) is 6.92 Å². The molecular formula is C10H13NO4. The fourth-order valence-electron chi connectivity index (χ4n) is 1.38. The number of rotatable bonds is 4. The fourth-order valence-corrected chi connectivity index (χ4v) is 1.38. The molecule has 0 amide bonds. The molecule has 0 saturated carbocycles. The molecule has 0 unspecified atom stereocenters. The summed E-state index contributed by atoms with van der Waals surface area (Å²) in [6.45, 7) is 2.09. The van der Waals surface area contributed by atoms with Gasteiger partial charge >= 0.3 is 5.97 Å². The SMILES string of the molecule is COCCc1[nH]c(C)cc(=O)c1C(=O)O. The smallest absolute Gasteiger partial charge is 0.341 e. The minimum atomic E-state index is -1.21. The van der Waals surface area contributed by atoms with Crippen molar-refractivity contribution in [3.8, 4) is 0 Å². The van der Waals surface area contributed by atoms with Crippen LogP contribution in [0.15, 0.2) is 10.9 Å². The molecule has 0 radical (unpaired) electrons. The number of pyridine rings is 1. The summed E-state index contributed by atoms with van der Waals surface area (Å²) in [5.74, 6) is -1.21. The third kappa shape index (κ3) is 2.66. The van der Waals surface area contributed by atoms with Crippen molar-refractivity contribution >= 4 is 5.97 Å². The molecule has 1 rings (SSSR count). The maximum absolute atomic E-state index is 11.4. The molecule has 82 valence electrons. The summed E-state index contributed by atoms with van der Waals surface area (Å²) in [6, 6.07) is 1.28. The first-order valence-corrected chi connectivity index (χ1v) is 4.51. The van der Waals surface area contributed by atoms with E-state index in [0.717, 1.165) is 0 Å². The van der Waals surface area contributed by atoms with Crippen molar-refractivity contribution in [2.75, 3.05) is 13.7 Å². The lowest BCUT2D eigenvalue weighted by molar-refractivity contribution is 0.0693. The van der Waals surface area contributed by atoms with E-state index in [4.69, 9.17) is 9.84 Å². The Morgan fingerprint density at radius 1 is 1.60 bits per heavy atom. The molecule has 5 nitrogen and oxygen atoms in total. The average Bonchev–Trinajstić information content (AvgIpc) is 2.12. The molecule has 5 heteroatoms. The van der Waals surface area contributed by atoms with Crippen LogP contribution >= 0.6 is 0 Å². The van der Waals surface area contributed by atoms with E-state index >= 15 is 0 Å². The lowest BCUT2D eigenvalue weighted by Gasteiger charge is -2.06. The molecule has 1 aromatic rings. The second-order valence-corrected chi connectivity index (χ2v) is 3.22. The zero-order chi connectivity index (χ0) is 11.4. The number of aromatic carboxylic acids is 1. The van der Waals surface area contributed by atoms with Crippen LogP contribution in [-0.2, 0) is 11.2 Å².